The lowest BCUT2D eigenvalue weighted by Gasteiger charge is -2.17. The Balaban J connectivity index is 2.18. The Labute approximate surface area is 195 Å². The van der Waals surface area contributed by atoms with E-state index in [1.165, 1.54) is 31.3 Å². The summed E-state index contributed by atoms with van der Waals surface area (Å²) in [5.74, 6) is -3.88. The maximum absolute atomic E-state index is 14.5. The number of ether oxygens (including phenoxy) is 2. The Morgan fingerprint density at radius 1 is 1.21 bits per heavy atom. The molecule has 2 aromatic carbocycles. The molecule has 0 amide bonds. The van der Waals surface area contributed by atoms with E-state index in [2.05, 4.69) is 19.8 Å². The van der Waals surface area contributed by atoms with Gasteiger partial charge >= 0.3 is 5.97 Å². The number of rotatable bonds is 10. The monoisotopic (exact) mass is 504 g/mol. The zero-order valence-electron chi connectivity index (χ0n) is 17.8. The Morgan fingerprint density at radius 2 is 1.82 bits per heavy atom. The summed E-state index contributed by atoms with van der Waals surface area (Å²) in [7, 11) is -1.91. The summed E-state index contributed by atoms with van der Waals surface area (Å²) < 4.78 is 66.3. The molecule has 0 aliphatic heterocycles. The molecule has 0 unspecified atom stereocenters. The summed E-state index contributed by atoms with van der Waals surface area (Å²) in [6.07, 6.45) is 0.341. The third-order valence-electron chi connectivity index (χ3n) is 4.32. The van der Waals surface area contributed by atoms with Crippen molar-refractivity contribution < 1.29 is 31.5 Å². The highest BCUT2D eigenvalue weighted by Crippen LogP contribution is 2.30. The molecular formula is C20H23ClF2N4O5S. The minimum Gasteiger partial charge on any atom is -0.468 e. The third-order valence-corrected chi connectivity index (χ3v) is 6.02. The van der Waals surface area contributed by atoms with Gasteiger partial charge in [0.1, 0.15) is 11.8 Å². The topological polar surface area (TPSA) is 132 Å². The van der Waals surface area contributed by atoms with Crippen LogP contribution in [0.15, 0.2) is 46.3 Å². The summed E-state index contributed by atoms with van der Waals surface area (Å²) in [6, 6.07) is 5.59. The molecule has 13 heteroatoms. The van der Waals surface area contributed by atoms with E-state index in [-0.39, 0.29) is 18.1 Å². The number of carbonyl (C=O) groups excluding carboxylic acids is 1. The molecule has 0 saturated heterocycles. The number of sulfonamides is 1. The van der Waals surface area contributed by atoms with Gasteiger partial charge in [0.15, 0.2) is 23.3 Å². The number of nitrogens with two attached hydrogens (primary N) is 1. The normalized spacial score (nSPS) is 12.8. The van der Waals surface area contributed by atoms with Gasteiger partial charge in [-0.05, 0) is 49.2 Å². The molecule has 0 saturated carbocycles. The summed E-state index contributed by atoms with van der Waals surface area (Å²) in [6.45, 7) is 0.304. The van der Waals surface area contributed by atoms with Crippen molar-refractivity contribution in [2.24, 2.45) is 10.7 Å². The molecule has 0 bridgehead atoms. The van der Waals surface area contributed by atoms with Crippen LogP contribution in [0.25, 0.3) is 0 Å². The minimum atomic E-state index is -4.49. The fraction of sp³-hybridized carbons (Fsp3) is 0.300. The second-order valence-electron chi connectivity index (χ2n) is 6.65. The molecule has 1 atom stereocenters. The molecule has 2 rings (SSSR count). The molecule has 0 fully saturated rings. The number of nitrogens with zero attached hydrogens (tertiary/aromatic N) is 1. The largest absolute Gasteiger partial charge is 0.468 e. The first-order chi connectivity index (χ1) is 15.6. The number of esters is 1. The molecule has 9 nitrogen and oxygen atoms in total. The van der Waals surface area contributed by atoms with E-state index < -0.39 is 44.3 Å². The lowest BCUT2D eigenvalue weighted by Crippen LogP contribution is -2.42. The SMILES string of the molecule is CN=C(N)NCCC[C@@H](NS(=O)(=O)c1cc(F)c(Oc2ccc(Cl)cc2)c(F)c1)C(=O)OC. The molecular weight excluding hydrogens is 482 g/mol. The third kappa shape index (κ3) is 7.55. The van der Waals surface area contributed by atoms with Gasteiger partial charge in [0.05, 0.1) is 12.0 Å². The van der Waals surface area contributed by atoms with Crippen molar-refractivity contribution >= 4 is 33.6 Å². The van der Waals surface area contributed by atoms with Crippen LogP contribution in [0.2, 0.25) is 5.02 Å². The zero-order chi connectivity index (χ0) is 24.6. The first-order valence-corrected chi connectivity index (χ1v) is 11.4. The number of hydrogen-bond donors (Lipinski definition) is 3. The average Bonchev–Trinajstić information content (AvgIpc) is 2.78. The number of methoxy groups -OCH3 is 1. The first-order valence-electron chi connectivity index (χ1n) is 9.56. The maximum atomic E-state index is 14.5. The van der Waals surface area contributed by atoms with Gasteiger partial charge in [-0.3, -0.25) is 9.79 Å². The van der Waals surface area contributed by atoms with Gasteiger partial charge in [-0.25, -0.2) is 17.2 Å². The van der Waals surface area contributed by atoms with E-state index in [4.69, 9.17) is 22.1 Å². The summed E-state index contributed by atoms with van der Waals surface area (Å²) in [4.78, 5) is 15.0. The van der Waals surface area contributed by atoms with Crippen molar-refractivity contribution in [2.75, 3.05) is 20.7 Å². The highest BCUT2D eigenvalue weighted by molar-refractivity contribution is 7.89. The van der Waals surface area contributed by atoms with E-state index in [0.717, 1.165) is 7.11 Å². The van der Waals surface area contributed by atoms with Crippen LogP contribution in [0.1, 0.15) is 12.8 Å². The smallest absolute Gasteiger partial charge is 0.323 e. The van der Waals surface area contributed by atoms with Crippen molar-refractivity contribution in [2.45, 2.75) is 23.8 Å². The number of guanidine groups is 1. The second kappa shape index (κ2) is 11.8. The summed E-state index contributed by atoms with van der Waals surface area (Å²) in [5, 5.41) is 3.16. The molecule has 2 aromatic rings. The highest BCUT2D eigenvalue weighted by Gasteiger charge is 2.28. The summed E-state index contributed by atoms with van der Waals surface area (Å²) >= 11 is 5.76. The van der Waals surface area contributed by atoms with Gasteiger partial charge in [0.25, 0.3) is 0 Å². The van der Waals surface area contributed by atoms with Crippen molar-refractivity contribution in [3.63, 3.8) is 0 Å². The van der Waals surface area contributed by atoms with Gasteiger partial charge in [-0.1, -0.05) is 11.6 Å². The predicted octanol–water partition coefficient (Wildman–Crippen LogP) is 2.54. The first kappa shape index (κ1) is 26.3. The fourth-order valence-electron chi connectivity index (χ4n) is 2.63. The molecule has 0 aliphatic carbocycles. The number of carbonyl (C=O) groups is 1. The lowest BCUT2D eigenvalue weighted by molar-refractivity contribution is -0.142. The highest BCUT2D eigenvalue weighted by atomic mass is 35.5. The average molecular weight is 505 g/mol. The number of hydrogen-bond acceptors (Lipinski definition) is 6. The second-order valence-corrected chi connectivity index (χ2v) is 8.80. The number of halogens is 3. The molecule has 0 heterocycles. The molecule has 33 heavy (non-hydrogen) atoms. The molecule has 0 aliphatic rings. The molecule has 0 spiro atoms. The van der Waals surface area contributed by atoms with Crippen LogP contribution in [-0.4, -0.2) is 47.1 Å². The standard InChI is InChI=1S/C20H23ClF2N4O5S/c1-25-20(24)26-9-3-4-17(19(28)31-2)27-33(29,30)14-10-15(22)18(16(23)11-14)32-13-7-5-12(21)6-8-13/h5-8,10-11,17,27H,3-4,9H2,1-2H3,(H3,24,25,26)/t17-/m1/s1. The summed E-state index contributed by atoms with van der Waals surface area (Å²) in [5.41, 5.74) is 5.50. The quantitative estimate of drug-likeness (QED) is 0.196. The number of nitrogens with one attached hydrogen (secondary N) is 2. The van der Waals surface area contributed by atoms with Gasteiger partial charge in [-0.2, -0.15) is 4.72 Å². The van der Waals surface area contributed by atoms with Crippen molar-refractivity contribution in [3.8, 4) is 11.5 Å². The van der Waals surface area contributed by atoms with Crippen LogP contribution in [0.3, 0.4) is 0 Å². The van der Waals surface area contributed by atoms with Gasteiger partial charge in [0.2, 0.25) is 10.0 Å². The van der Waals surface area contributed by atoms with Crippen LogP contribution in [0, 0.1) is 11.6 Å². The molecule has 0 aromatic heterocycles. The number of benzene rings is 2. The number of aliphatic imine (C=N–C) groups is 1. The van der Waals surface area contributed by atoms with Crippen LogP contribution < -0.4 is 20.5 Å². The van der Waals surface area contributed by atoms with Crippen LogP contribution >= 0.6 is 11.6 Å². The van der Waals surface area contributed by atoms with Crippen LogP contribution in [0.4, 0.5) is 8.78 Å². The Bertz CT molecular complexity index is 1090. The predicted molar refractivity (Wildman–Crippen MR) is 119 cm³/mol. The lowest BCUT2D eigenvalue weighted by atomic mass is 10.2. The zero-order valence-corrected chi connectivity index (χ0v) is 19.3. The van der Waals surface area contributed by atoms with E-state index in [1.54, 1.807) is 0 Å². The Morgan fingerprint density at radius 3 is 2.36 bits per heavy atom. The van der Waals surface area contributed by atoms with E-state index in [9.17, 15) is 22.0 Å². The Kier molecular flexibility index (Phi) is 9.38. The minimum absolute atomic E-state index is 0.0264. The maximum Gasteiger partial charge on any atom is 0.323 e. The van der Waals surface area contributed by atoms with Gasteiger partial charge in [-0.15, -0.1) is 0 Å². The molecule has 180 valence electrons. The Hall–Kier alpha value is -2.96. The van der Waals surface area contributed by atoms with E-state index in [1.807, 2.05) is 0 Å². The van der Waals surface area contributed by atoms with Crippen LogP contribution in [0.5, 0.6) is 11.5 Å². The van der Waals surface area contributed by atoms with Crippen molar-refractivity contribution in [1.29, 1.82) is 0 Å². The van der Waals surface area contributed by atoms with E-state index >= 15 is 0 Å². The van der Waals surface area contributed by atoms with Crippen molar-refractivity contribution in [3.05, 3.63) is 53.1 Å². The van der Waals surface area contributed by atoms with Gasteiger partial charge in [0, 0.05) is 18.6 Å². The fourth-order valence-corrected chi connectivity index (χ4v) is 4.00. The van der Waals surface area contributed by atoms with Gasteiger partial charge < -0.3 is 20.5 Å². The molecule has 0 radical (unpaired) electrons. The van der Waals surface area contributed by atoms with E-state index in [0.29, 0.717) is 30.1 Å². The van der Waals surface area contributed by atoms with Crippen molar-refractivity contribution in [1.82, 2.24) is 10.0 Å². The van der Waals surface area contributed by atoms with Crippen LogP contribution in [-0.2, 0) is 19.6 Å². The molecule has 4 N–H and O–H groups in total.